The quantitative estimate of drug-likeness (QED) is 0.509. The summed E-state index contributed by atoms with van der Waals surface area (Å²) < 4.78 is 13.3. The van der Waals surface area contributed by atoms with Crippen LogP contribution in [0.4, 0.5) is 5.69 Å². The molecule has 4 rings (SSSR count). The molecule has 3 heterocycles. The average molecular weight is 440 g/mol. The highest BCUT2D eigenvalue weighted by molar-refractivity contribution is 7.99. The summed E-state index contributed by atoms with van der Waals surface area (Å²) in [4.78, 5) is 16.6. The maximum absolute atomic E-state index is 12.5. The van der Waals surface area contributed by atoms with E-state index in [2.05, 4.69) is 20.5 Å². The summed E-state index contributed by atoms with van der Waals surface area (Å²) in [6.07, 6.45) is 5.67. The van der Waals surface area contributed by atoms with Gasteiger partial charge in [0.05, 0.1) is 25.0 Å². The minimum Gasteiger partial charge on any atom is -0.494 e. The van der Waals surface area contributed by atoms with Gasteiger partial charge in [-0.2, -0.15) is 0 Å². The molecule has 9 heteroatoms. The molecule has 8 nitrogen and oxygen atoms in total. The molecule has 2 aromatic heterocycles. The Kier molecular flexibility index (Phi) is 7.16. The van der Waals surface area contributed by atoms with E-state index in [0.717, 1.165) is 42.3 Å². The van der Waals surface area contributed by atoms with E-state index in [-0.39, 0.29) is 17.8 Å². The normalized spacial score (nSPS) is 15.7. The molecule has 1 fully saturated rings. The molecule has 0 bridgehead atoms. The van der Waals surface area contributed by atoms with Crippen LogP contribution in [0.25, 0.3) is 11.4 Å². The van der Waals surface area contributed by atoms with Gasteiger partial charge < -0.3 is 14.8 Å². The molecule has 1 aromatic carbocycles. The zero-order valence-electron chi connectivity index (χ0n) is 17.4. The first-order chi connectivity index (χ1) is 15.2. The number of nitrogens with one attached hydrogen (secondary N) is 1. The van der Waals surface area contributed by atoms with Crippen LogP contribution in [0.5, 0.6) is 5.75 Å². The second kappa shape index (κ2) is 10.4. The third-order valence-corrected chi connectivity index (χ3v) is 5.81. The van der Waals surface area contributed by atoms with Gasteiger partial charge in [-0.3, -0.25) is 14.3 Å². The van der Waals surface area contributed by atoms with Crippen molar-refractivity contribution in [2.24, 2.45) is 0 Å². The summed E-state index contributed by atoms with van der Waals surface area (Å²) in [6.45, 7) is 3.98. The van der Waals surface area contributed by atoms with E-state index in [1.807, 2.05) is 47.9 Å². The van der Waals surface area contributed by atoms with Crippen LogP contribution in [0.15, 0.2) is 53.9 Å². The number of hydrogen-bond donors (Lipinski definition) is 1. The summed E-state index contributed by atoms with van der Waals surface area (Å²) in [6, 6.07) is 11.1. The second-order valence-electron chi connectivity index (χ2n) is 7.08. The maximum Gasteiger partial charge on any atom is 0.234 e. The number of benzene rings is 1. The molecule has 1 aliphatic rings. The first-order valence-electron chi connectivity index (χ1n) is 10.3. The van der Waals surface area contributed by atoms with Gasteiger partial charge in [-0.15, -0.1) is 10.2 Å². The minimum atomic E-state index is -0.105. The Labute approximate surface area is 185 Å². The van der Waals surface area contributed by atoms with Gasteiger partial charge in [-0.1, -0.05) is 11.8 Å². The lowest BCUT2D eigenvalue weighted by molar-refractivity contribution is -0.113. The van der Waals surface area contributed by atoms with Crippen molar-refractivity contribution in [3.63, 3.8) is 0 Å². The van der Waals surface area contributed by atoms with Crippen LogP contribution in [0, 0.1) is 0 Å². The fourth-order valence-corrected chi connectivity index (χ4v) is 4.14. The number of anilines is 1. The number of carbonyl (C=O) groups excluding carboxylic acids is 1. The van der Waals surface area contributed by atoms with Crippen molar-refractivity contribution in [2.75, 3.05) is 24.3 Å². The molecular weight excluding hydrogens is 414 g/mol. The van der Waals surface area contributed by atoms with E-state index in [9.17, 15) is 4.79 Å². The topological polar surface area (TPSA) is 91.2 Å². The van der Waals surface area contributed by atoms with Crippen LogP contribution in [0.2, 0.25) is 0 Å². The number of nitrogens with zero attached hydrogens (tertiary/aromatic N) is 4. The number of ether oxygens (including phenoxy) is 2. The van der Waals surface area contributed by atoms with Gasteiger partial charge in [-0.05, 0) is 56.2 Å². The van der Waals surface area contributed by atoms with Crippen molar-refractivity contribution in [3.05, 3.63) is 48.8 Å². The van der Waals surface area contributed by atoms with Gasteiger partial charge in [0.2, 0.25) is 5.91 Å². The third-order valence-electron chi connectivity index (χ3n) is 4.85. The molecule has 1 amide bonds. The van der Waals surface area contributed by atoms with Gasteiger partial charge in [0.25, 0.3) is 0 Å². The van der Waals surface area contributed by atoms with E-state index in [1.165, 1.54) is 11.8 Å². The molecule has 1 atom stereocenters. The number of aromatic nitrogens is 4. The van der Waals surface area contributed by atoms with Gasteiger partial charge in [0.15, 0.2) is 11.0 Å². The molecule has 0 saturated carbocycles. The Morgan fingerprint density at radius 1 is 1.23 bits per heavy atom. The summed E-state index contributed by atoms with van der Waals surface area (Å²) in [5, 5.41) is 12.3. The summed E-state index contributed by atoms with van der Waals surface area (Å²) >= 11 is 1.37. The lowest BCUT2D eigenvalue weighted by Crippen LogP contribution is -2.18. The van der Waals surface area contributed by atoms with Crippen LogP contribution in [-0.2, 0) is 16.1 Å². The number of hydrogen-bond acceptors (Lipinski definition) is 7. The molecule has 0 radical (unpaired) electrons. The molecule has 162 valence electrons. The Morgan fingerprint density at radius 2 is 2.03 bits per heavy atom. The van der Waals surface area contributed by atoms with E-state index >= 15 is 0 Å². The van der Waals surface area contributed by atoms with Crippen molar-refractivity contribution in [2.45, 2.75) is 37.6 Å². The predicted octanol–water partition coefficient (Wildman–Crippen LogP) is 3.65. The summed E-state index contributed by atoms with van der Waals surface area (Å²) in [7, 11) is 0. The second-order valence-corrected chi connectivity index (χ2v) is 8.02. The lowest BCUT2D eigenvalue weighted by Gasteiger charge is -2.14. The van der Waals surface area contributed by atoms with Crippen LogP contribution in [0.3, 0.4) is 0 Å². The predicted molar refractivity (Wildman–Crippen MR) is 119 cm³/mol. The molecule has 1 N–H and O–H groups in total. The highest BCUT2D eigenvalue weighted by atomic mass is 32.2. The first kappa shape index (κ1) is 21.3. The average Bonchev–Trinajstić information content (AvgIpc) is 3.45. The van der Waals surface area contributed by atoms with Crippen LogP contribution >= 0.6 is 11.8 Å². The molecule has 0 spiro atoms. The van der Waals surface area contributed by atoms with Gasteiger partial charge >= 0.3 is 0 Å². The standard InChI is InChI=1S/C22H25N5O3S/c1-2-29-18-7-5-17(6-8-18)24-20(28)15-31-22-26-25-21(16-9-11-23-12-10-16)27(22)14-19-4-3-13-30-19/h5-12,19H,2-4,13-15H2,1H3,(H,24,28)/t19-/m0/s1. The molecule has 0 aliphatic carbocycles. The zero-order valence-corrected chi connectivity index (χ0v) is 18.2. The highest BCUT2D eigenvalue weighted by Gasteiger charge is 2.22. The smallest absolute Gasteiger partial charge is 0.234 e. The maximum atomic E-state index is 12.5. The Balaban J connectivity index is 1.43. The molecular formula is C22H25N5O3S. The largest absolute Gasteiger partial charge is 0.494 e. The van der Waals surface area contributed by atoms with Crippen LogP contribution in [-0.4, -0.2) is 50.7 Å². The number of carbonyl (C=O) groups is 1. The lowest BCUT2D eigenvalue weighted by atomic mass is 10.2. The number of thioether (sulfide) groups is 1. The van der Waals surface area contributed by atoms with E-state index in [4.69, 9.17) is 9.47 Å². The Morgan fingerprint density at radius 3 is 2.74 bits per heavy atom. The van der Waals surface area contributed by atoms with Crippen molar-refractivity contribution < 1.29 is 14.3 Å². The van der Waals surface area contributed by atoms with Crippen LogP contribution < -0.4 is 10.1 Å². The zero-order chi connectivity index (χ0) is 21.5. The molecule has 0 unspecified atom stereocenters. The van der Waals surface area contributed by atoms with Crippen molar-refractivity contribution in [1.82, 2.24) is 19.7 Å². The fraction of sp³-hybridized carbons (Fsp3) is 0.364. The Bertz CT molecular complexity index is 988. The summed E-state index contributed by atoms with van der Waals surface area (Å²) in [5.41, 5.74) is 1.67. The number of amides is 1. The fourth-order valence-electron chi connectivity index (χ4n) is 3.39. The van der Waals surface area contributed by atoms with Gasteiger partial charge in [-0.25, -0.2) is 0 Å². The van der Waals surface area contributed by atoms with Crippen LogP contribution in [0.1, 0.15) is 19.8 Å². The summed E-state index contributed by atoms with van der Waals surface area (Å²) in [5.74, 6) is 1.66. The molecule has 3 aromatic rings. The Hall–Kier alpha value is -2.91. The van der Waals surface area contributed by atoms with Crippen molar-refractivity contribution >= 4 is 23.4 Å². The van der Waals surface area contributed by atoms with E-state index in [1.54, 1.807) is 12.4 Å². The van der Waals surface area contributed by atoms with E-state index < -0.39 is 0 Å². The highest BCUT2D eigenvalue weighted by Crippen LogP contribution is 2.26. The number of pyridine rings is 1. The molecule has 1 aliphatic heterocycles. The first-order valence-corrected chi connectivity index (χ1v) is 11.3. The number of rotatable bonds is 9. The minimum absolute atomic E-state index is 0.105. The molecule has 31 heavy (non-hydrogen) atoms. The third kappa shape index (κ3) is 5.62. The SMILES string of the molecule is CCOc1ccc(NC(=O)CSc2nnc(-c3ccncc3)n2C[C@@H]2CCCO2)cc1. The van der Waals surface area contributed by atoms with E-state index in [0.29, 0.717) is 18.3 Å². The van der Waals surface area contributed by atoms with Crippen molar-refractivity contribution in [1.29, 1.82) is 0 Å². The monoisotopic (exact) mass is 439 g/mol. The van der Waals surface area contributed by atoms with Gasteiger partial charge in [0.1, 0.15) is 5.75 Å². The van der Waals surface area contributed by atoms with Gasteiger partial charge in [0, 0.05) is 30.3 Å². The van der Waals surface area contributed by atoms with Crippen molar-refractivity contribution in [3.8, 4) is 17.1 Å². The molecule has 1 saturated heterocycles.